The summed E-state index contributed by atoms with van der Waals surface area (Å²) in [4.78, 5) is 23.2. The third-order valence-electron chi connectivity index (χ3n) is 4.16. The lowest BCUT2D eigenvalue weighted by Crippen LogP contribution is -2.31. The molecule has 2 aromatic carbocycles. The molecule has 29 heavy (non-hydrogen) atoms. The summed E-state index contributed by atoms with van der Waals surface area (Å²) in [7, 11) is 0. The third kappa shape index (κ3) is 4.79. The van der Waals surface area contributed by atoms with Gasteiger partial charge in [0.2, 0.25) is 0 Å². The van der Waals surface area contributed by atoms with Crippen LogP contribution in [-0.2, 0) is 6.54 Å². The Bertz CT molecular complexity index is 1110. The van der Waals surface area contributed by atoms with E-state index in [1.807, 2.05) is 0 Å². The van der Waals surface area contributed by atoms with Gasteiger partial charge < -0.3 is 9.84 Å². The van der Waals surface area contributed by atoms with Crippen LogP contribution in [0.5, 0.6) is 5.75 Å². The molecule has 0 aliphatic heterocycles. The largest absolute Gasteiger partial charge is 0.489 e. The second-order valence-corrected chi connectivity index (χ2v) is 7.20. The van der Waals surface area contributed by atoms with Crippen molar-refractivity contribution in [2.75, 3.05) is 6.61 Å². The Morgan fingerprint density at radius 2 is 2.00 bits per heavy atom. The van der Waals surface area contributed by atoms with Crippen molar-refractivity contribution in [1.29, 1.82) is 0 Å². The van der Waals surface area contributed by atoms with Gasteiger partial charge in [0, 0.05) is 29.0 Å². The van der Waals surface area contributed by atoms with Gasteiger partial charge in [-0.1, -0.05) is 29.3 Å². The van der Waals surface area contributed by atoms with Crippen LogP contribution >= 0.6 is 23.2 Å². The fourth-order valence-corrected chi connectivity index (χ4v) is 3.33. The van der Waals surface area contributed by atoms with Crippen LogP contribution in [0.3, 0.4) is 0 Å². The van der Waals surface area contributed by atoms with E-state index >= 15 is 0 Å². The normalized spacial score (nSPS) is 12.0. The number of nitro groups is 1. The lowest BCUT2D eigenvalue weighted by Gasteiger charge is -2.13. The predicted octanol–water partition coefficient (Wildman–Crippen LogP) is 3.60. The first-order chi connectivity index (χ1) is 13.8. The zero-order chi connectivity index (χ0) is 21.1. The highest BCUT2D eigenvalue weighted by Crippen LogP contribution is 2.27. The Morgan fingerprint density at radius 3 is 2.69 bits per heavy atom. The van der Waals surface area contributed by atoms with E-state index in [9.17, 15) is 20.0 Å². The molecule has 8 nitrogen and oxygen atoms in total. The molecule has 0 aliphatic rings. The maximum absolute atomic E-state index is 12.7. The van der Waals surface area contributed by atoms with Gasteiger partial charge in [0.15, 0.2) is 0 Å². The van der Waals surface area contributed by atoms with E-state index in [4.69, 9.17) is 27.9 Å². The quantitative estimate of drug-likeness (QED) is 0.449. The lowest BCUT2D eigenvalue weighted by atomic mass is 10.3. The number of ether oxygens (including phenoxy) is 1. The van der Waals surface area contributed by atoms with Gasteiger partial charge in [-0.05, 0) is 31.2 Å². The average Bonchev–Trinajstić information content (AvgIpc) is 2.94. The van der Waals surface area contributed by atoms with E-state index in [0.717, 1.165) is 0 Å². The van der Waals surface area contributed by atoms with Gasteiger partial charge in [-0.2, -0.15) is 0 Å². The average molecular weight is 438 g/mol. The van der Waals surface area contributed by atoms with Crippen LogP contribution in [0.25, 0.3) is 5.69 Å². The molecule has 1 atom stereocenters. The molecular formula is C19H17Cl2N3O5. The summed E-state index contributed by atoms with van der Waals surface area (Å²) in [5.74, 6) is 0.368. The molecule has 0 spiro atoms. The molecule has 1 N–H and O–H groups in total. The van der Waals surface area contributed by atoms with E-state index in [-0.39, 0.29) is 18.8 Å². The van der Waals surface area contributed by atoms with E-state index in [1.54, 1.807) is 31.3 Å². The second-order valence-electron chi connectivity index (χ2n) is 6.36. The molecule has 0 radical (unpaired) electrons. The lowest BCUT2D eigenvalue weighted by molar-refractivity contribution is -0.384. The molecule has 1 unspecified atom stereocenters. The van der Waals surface area contributed by atoms with Crippen molar-refractivity contribution >= 4 is 28.9 Å². The number of benzene rings is 2. The van der Waals surface area contributed by atoms with Crippen LogP contribution in [0, 0.1) is 17.0 Å². The van der Waals surface area contributed by atoms with Crippen LogP contribution in [0.4, 0.5) is 5.69 Å². The second kappa shape index (κ2) is 8.69. The van der Waals surface area contributed by atoms with Gasteiger partial charge in [0.05, 0.1) is 22.2 Å². The van der Waals surface area contributed by atoms with Gasteiger partial charge in [-0.3, -0.25) is 19.2 Å². The smallest absolute Gasteiger partial charge is 0.333 e. The zero-order valence-electron chi connectivity index (χ0n) is 15.3. The van der Waals surface area contributed by atoms with Crippen molar-refractivity contribution in [2.24, 2.45) is 0 Å². The van der Waals surface area contributed by atoms with E-state index in [1.165, 1.54) is 33.4 Å². The minimum atomic E-state index is -0.986. The van der Waals surface area contributed by atoms with E-state index in [2.05, 4.69) is 0 Å². The molecule has 0 fully saturated rings. The highest BCUT2D eigenvalue weighted by Gasteiger charge is 2.16. The standard InChI is InChI=1S/C19H17Cl2N3O5/c1-12-9-22(10-16(25)11-29-18-6-5-13(20)7-17(18)21)19(26)23(12)14-3-2-4-15(8-14)24(27)28/h2-9,16,25H,10-11H2,1H3. The fourth-order valence-electron chi connectivity index (χ4n) is 2.87. The van der Waals surface area contributed by atoms with Crippen LogP contribution in [-0.4, -0.2) is 31.9 Å². The molecule has 0 bridgehead atoms. The van der Waals surface area contributed by atoms with E-state index in [0.29, 0.717) is 27.2 Å². The summed E-state index contributed by atoms with van der Waals surface area (Å²) in [6.07, 6.45) is 0.583. The van der Waals surface area contributed by atoms with Crippen LogP contribution in [0.1, 0.15) is 5.69 Å². The minimum absolute atomic E-state index is 0.0210. The Labute approximate surface area is 175 Å². The Balaban J connectivity index is 1.75. The van der Waals surface area contributed by atoms with Gasteiger partial charge in [0.25, 0.3) is 5.69 Å². The third-order valence-corrected chi connectivity index (χ3v) is 4.69. The molecule has 1 heterocycles. The maximum atomic E-state index is 12.7. The number of aryl methyl sites for hydroxylation is 1. The van der Waals surface area contributed by atoms with Crippen LogP contribution < -0.4 is 10.4 Å². The number of aliphatic hydroxyl groups is 1. The number of hydrogen-bond acceptors (Lipinski definition) is 5. The number of nitrogens with zero attached hydrogens (tertiary/aromatic N) is 3. The number of hydrogen-bond donors (Lipinski definition) is 1. The number of halogens is 2. The molecule has 10 heteroatoms. The highest BCUT2D eigenvalue weighted by atomic mass is 35.5. The molecule has 3 rings (SSSR count). The summed E-state index contributed by atoms with van der Waals surface area (Å²) in [5.41, 5.74) is 0.407. The molecule has 0 saturated carbocycles. The predicted molar refractivity (Wildman–Crippen MR) is 109 cm³/mol. The Kier molecular flexibility index (Phi) is 6.26. The van der Waals surface area contributed by atoms with Gasteiger partial charge in [-0.15, -0.1) is 0 Å². The van der Waals surface area contributed by atoms with Crippen molar-refractivity contribution in [3.8, 4) is 11.4 Å². The highest BCUT2D eigenvalue weighted by molar-refractivity contribution is 6.35. The number of imidazole rings is 1. The van der Waals surface area contributed by atoms with Crippen molar-refractivity contribution in [3.05, 3.63) is 85.0 Å². The first-order valence-electron chi connectivity index (χ1n) is 8.56. The zero-order valence-corrected chi connectivity index (χ0v) is 16.8. The summed E-state index contributed by atoms with van der Waals surface area (Å²) >= 11 is 11.9. The van der Waals surface area contributed by atoms with Crippen LogP contribution in [0.2, 0.25) is 10.0 Å². The Morgan fingerprint density at radius 1 is 1.24 bits per heavy atom. The van der Waals surface area contributed by atoms with Gasteiger partial charge in [0.1, 0.15) is 18.5 Å². The number of aliphatic hydroxyl groups excluding tert-OH is 1. The molecule has 3 aromatic rings. The summed E-state index contributed by atoms with van der Waals surface area (Å²) in [6.45, 7) is 1.59. The first kappa shape index (κ1) is 20.9. The number of aromatic nitrogens is 2. The first-order valence-corrected chi connectivity index (χ1v) is 9.31. The van der Waals surface area contributed by atoms with Gasteiger partial charge >= 0.3 is 5.69 Å². The summed E-state index contributed by atoms with van der Waals surface area (Å²) in [6, 6.07) is 10.5. The summed E-state index contributed by atoms with van der Waals surface area (Å²) < 4.78 is 8.16. The molecular weight excluding hydrogens is 421 g/mol. The van der Waals surface area contributed by atoms with Crippen molar-refractivity contribution < 1.29 is 14.8 Å². The van der Waals surface area contributed by atoms with Crippen LogP contribution in [0.15, 0.2) is 53.5 Å². The molecule has 152 valence electrons. The van der Waals surface area contributed by atoms with Gasteiger partial charge in [-0.25, -0.2) is 4.79 Å². The molecule has 0 aliphatic carbocycles. The van der Waals surface area contributed by atoms with E-state index < -0.39 is 16.7 Å². The van der Waals surface area contributed by atoms with Crippen molar-refractivity contribution in [1.82, 2.24) is 9.13 Å². The van der Waals surface area contributed by atoms with Crippen molar-refractivity contribution in [2.45, 2.75) is 19.6 Å². The number of nitro benzene ring substituents is 1. The Hall–Kier alpha value is -2.81. The topological polar surface area (TPSA) is 99.5 Å². The molecule has 0 amide bonds. The minimum Gasteiger partial charge on any atom is -0.489 e. The number of non-ortho nitro benzene ring substituents is 1. The summed E-state index contributed by atoms with van der Waals surface area (Å²) in [5, 5.41) is 22.0. The maximum Gasteiger partial charge on any atom is 0.333 e. The fraction of sp³-hybridized carbons (Fsp3) is 0.211. The number of rotatable bonds is 7. The van der Waals surface area contributed by atoms with Crippen molar-refractivity contribution in [3.63, 3.8) is 0 Å². The molecule has 0 saturated heterocycles. The SMILES string of the molecule is Cc1cn(CC(O)COc2ccc(Cl)cc2Cl)c(=O)n1-c1cccc([N+](=O)[O-])c1. The monoisotopic (exact) mass is 437 g/mol. The molecule has 1 aromatic heterocycles.